The Kier molecular flexibility index (Phi) is 7.46. The third-order valence-corrected chi connectivity index (χ3v) is 3.98. The zero-order valence-corrected chi connectivity index (χ0v) is 13.5. The van der Waals surface area contributed by atoms with Gasteiger partial charge >= 0.3 is 0 Å². The summed E-state index contributed by atoms with van der Waals surface area (Å²) in [4.78, 5) is 0. The van der Waals surface area contributed by atoms with E-state index in [1.54, 1.807) is 0 Å². The Labute approximate surface area is 122 Å². The van der Waals surface area contributed by atoms with Crippen molar-refractivity contribution in [1.29, 1.82) is 0 Å². The topological polar surface area (TPSA) is 29.9 Å². The van der Waals surface area contributed by atoms with E-state index in [2.05, 4.69) is 39.9 Å². The second kappa shape index (κ2) is 8.32. The maximum Gasteiger partial charge on any atom is 0.0863 e. The molecule has 0 aliphatic carbocycles. The van der Waals surface area contributed by atoms with Gasteiger partial charge in [-0.15, -0.1) is 0 Å². The Hall–Kier alpha value is 0.190. The number of aryl methyl sites for hydroxylation is 2. The molecular formula is C12H21ClIN3. The first-order valence-corrected chi connectivity index (χ1v) is 8.08. The second-order valence-electron chi connectivity index (χ2n) is 4.11. The van der Waals surface area contributed by atoms with E-state index < -0.39 is 0 Å². The average Bonchev–Trinajstić information content (AvgIpc) is 2.60. The van der Waals surface area contributed by atoms with E-state index in [9.17, 15) is 0 Å². The highest BCUT2D eigenvalue weighted by Crippen LogP contribution is 2.20. The average molecular weight is 370 g/mol. The van der Waals surface area contributed by atoms with Crippen LogP contribution in [0.3, 0.4) is 0 Å². The molecule has 0 aromatic carbocycles. The standard InChI is InChI=1S/C12H21ClIN3/c1-3-10-12(13)11(17(2)16-10)9-15-8-6-4-5-7-14/h15H,3-9H2,1-2H3. The fourth-order valence-electron chi connectivity index (χ4n) is 1.74. The highest BCUT2D eigenvalue weighted by Gasteiger charge is 2.11. The van der Waals surface area contributed by atoms with Crippen molar-refractivity contribution in [2.75, 3.05) is 11.0 Å². The molecule has 1 aromatic heterocycles. The SMILES string of the molecule is CCc1nn(C)c(CNCCCCCI)c1Cl. The minimum Gasteiger partial charge on any atom is -0.311 e. The molecule has 17 heavy (non-hydrogen) atoms. The Morgan fingerprint density at radius 2 is 2.12 bits per heavy atom. The number of hydrogen-bond acceptors (Lipinski definition) is 2. The van der Waals surface area contributed by atoms with Gasteiger partial charge in [0.15, 0.2) is 0 Å². The maximum atomic E-state index is 6.27. The number of alkyl halides is 1. The van der Waals surface area contributed by atoms with E-state index in [0.29, 0.717) is 0 Å². The molecule has 0 atom stereocenters. The molecule has 1 heterocycles. The Balaban J connectivity index is 2.34. The van der Waals surface area contributed by atoms with Gasteiger partial charge in [0.2, 0.25) is 0 Å². The number of halogens is 2. The fraction of sp³-hybridized carbons (Fsp3) is 0.750. The van der Waals surface area contributed by atoms with Crippen LogP contribution in [-0.2, 0) is 20.0 Å². The molecule has 0 saturated carbocycles. The van der Waals surface area contributed by atoms with Crippen LogP contribution in [0.1, 0.15) is 37.6 Å². The van der Waals surface area contributed by atoms with Crippen molar-refractivity contribution in [2.24, 2.45) is 7.05 Å². The first-order valence-electron chi connectivity index (χ1n) is 6.17. The zero-order valence-electron chi connectivity index (χ0n) is 10.6. The zero-order chi connectivity index (χ0) is 12.7. The molecule has 1 aromatic rings. The quantitative estimate of drug-likeness (QED) is 0.433. The summed E-state index contributed by atoms with van der Waals surface area (Å²) < 4.78 is 3.14. The van der Waals surface area contributed by atoms with Crippen LogP contribution >= 0.6 is 34.2 Å². The van der Waals surface area contributed by atoms with Crippen LogP contribution in [0.25, 0.3) is 0 Å². The van der Waals surface area contributed by atoms with E-state index in [0.717, 1.165) is 35.9 Å². The highest BCUT2D eigenvalue weighted by atomic mass is 127. The summed E-state index contributed by atoms with van der Waals surface area (Å²) in [5.41, 5.74) is 2.09. The van der Waals surface area contributed by atoms with Crippen LogP contribution in [0, 0.1) is 0 Å². The van der Waals surface area contributed by atoms with Crippen molar-refractivity contribution >= 4 is 34.2 Å². The highest BCUT2D eigenvalue weighted by molar-refractivity contribution is 14.1. The Morgan fingerprint density at radius 3 is 2.71 bits per heavy atom. The fourth-order valence-corrected chi connectivity index (χ4v) is 2.64. The lowest BCUT2D eigenvalue weighted by Gasteiger charge is -2.05. The number of rotatable bonds is 8. The van der Waals surface area contributed by atoms with Gasteiger partial charge in [0.25, 0.3) is 0 Å². The smallest absolute Gasteiger partial charge is 0.0863 e. The van der Waals surface area contributed by atoms with Gasteiger partial charge in [-0.05, 0) is 30.2 Å². The van der Waals surface area contributed by atoms with Gasteiger partial charge in [-0.25, -0.2) is 0 Å². The molecule has 0 spiro atoms. The lowest BCUT2D eigenvalue weighted by atomic mass is 10.2. The van der Waals surface area contributed by atoms with E-state index in [1.807, 2.05) is 11.7 Å². The molecule has 0 fully saturated rings. The predicted molar refractivity (Wildman–Crippen MR) is 82.0 cm³/mol. The van der Waals surface area contributed by atoms with Gasteiger partial charge < -0.3 is 5.32 Å². The number of nitrogens with zero attached hydrogens (tertiary/aromatic N) is 2. The normalized spacial score (nSPS) is 11.1. The van der Waals surface area contributed by atoms with Gasteiger partial charge in [-0.2, -0.15) is 5.10 Å². The Morgan fingerprint density at radius 1 is 1.35 bits per heavy atom. The maximum absolute atomic E-state index is 6.27. The van der Waals surface area contributed by atoms with Crippen LogP contribution in [0.4, 0.5) is 0 Å². The molecular weight excluding hydrogens is 349 g/mol. The minimum atomic E-state index is 0.812. The van der Waals surface area contributed by atoms with Gasteiger partial charge in [-0.1, -0.05) is 47.5 Å². The number of unbranched alkanes of at least 4 members (excludes halogenated alkanes) is 2. The number of aromatic nitrogens is 2. The van der Waals surface area contributed by atoms with E-state index in [1.165, 1.54) is 23.7 Å². The summed E-state index contributed by atoms with van der Waals surface area (Å²) in [5.74, 6) is 0. The van der Waals surface area contributed by atoms with Crippen LogP contribution in [0.5, 0.6) is 0 Å². The van der Waals surface area contributed by atoms with Crippen molar-refractivity contribution in [2.45, 2.75) is 39.2 Å². The summed E-state index contributed by atoms with van der Waals surface area (Å²) in [6.07, 6.45) is 4.74. The summed E-state index contributed by atoms with van der Waals surface area (Å²) in [6.45, 7) is 3.95. The van der Waals surface area contributed by atoms with Crippen molar-refractivity contribution in [3.05, 3.63) is 16.4 Å². The van der Waals surface area contributed by atoms with Crippen LogP contribution in [0.2, 0.25) is 5.02 Å². The Bertz CT molecular complexity index is 339. The molecule has 0 saturated heterocycles. The van der Waals surface area contributed by atoms with Crippen molar-refractivity contribution in [3.63, 3.8) is 0 Å². The van der Waals surface area contributed by atoms with Gasteiger partial charge in [0.05, 0.1) is 16.4 Å². The third-order valence-electron chi connectivity index (χ3n) is 2.78. The molecule has 3 nitrogen and oxygen atoms in total. The molecule has 1 N–H and O–H groups in total. The second-order valence-corrected chi connectivity index (χ2v) is 5.57. The molecule has 98 valence electrons. The van der Waals surface area contributed by atoms with Crippen molar-refractivity contribution in [1.82, 2.24) is 15.1 Å². The molecule has 5 heteroatoms. The molecule has 0 aliphatic heterocycles. The third kappa shape index (κ3) is 4.75. The summed E-state index contributed by atoms with van der Waals surface area (Å²) in [7, 11) is 1.96. The first kappa shape index (κ1) is 15.2. The minimum absolute atomic E-state index is 0.812. The van der Waals surface area contributed by atoms with E-state index in [4.69, 9.17) is 11.6 Å². The molecule has 0 bridgehead atoms. The molecule has 0 radical (unpaired) electrons. The molecule has 0 amide bonds. The number of hydrogen-bond donors (Lipinski definition) is 1. The molecule has 1 rings (SSSR count). The summed E-state index contributed by atoms with van der Waals surface area (Å²) >= 11 is 8.69. The summed E-state index contributed by atoms with van der Waals surface area (Å²) in [6, 6.07) is 0. The van der Waals surface area contributed by atoms with E-state index in [-0.39, 0.29) is 0 Å². The first-order chi connectivity index (χ1) is 8.20. The van der Waals surface area contributed by atoms with Gasteiger partial charge in [0.1, 0.15) is 0 Å². The summed E-state index contributed by atoms with van der Waals surface area (Å²) in [5, 5.41) is 8.66. The largest absolute Gasteiger partial charge is 0.311 e. The van der Waals surface area contributed by atoms with Crippen molar-refractivity contribution < 1.29 is 0 Å². The molecule has 0 unspecified atom stereocenters. The monoisotopic (exact) mass is 369 g/mol. The lowest BCUT2D eigenvalue weighted by Crippen LogP contribution is -2.17. The number of nitrogens with one attached hydrogen (secondary N) is 1. The molecule has 0 aliphatic rings. The van der Waals surface area contributed by atoms with Crippen molar-refractivity contribution in [3.8, 4) is 0 Å². The van der Waals surface area contributed by atoms with Gasteiger partial charge in [0, 0.05) is 13.6 Å². The van der Waals surface area contributed by atoms with E-state index >= 15 is 0 Å². The lowest BCUT2D eigenvalue weighted by molar-refractivity contribution is 0.589. The van der Waals surface area contributed by atoms with Crippen LogP contribution in [0.15, 0.2) is 0 Å². The van der Waals surface area contributed by atoms with Gasteiger partial charge in [-0.3, -0.25) is 4.68 Å². The van der Waals surface area contributed by atoms with Crippen LogP contribution in [-0.4, -0.2) is 20.8 Å². The predicted octanol–water partition coefficient (Wildman–Crippen LogP) is 3.33. The van der Waals surface area contributed by atoms with Crippen LogP contribution < -0.4 is 5.32 Å².